The van der Waals surface area contributed by atoms with E-state index in [2.05, 4.69) is 39.4 Å². The Morgan fingerprint density at radius 1 is 1.28 bits per heavy atom. The number of nitrogens with one attached hydrogen (secondary N) is 1. The van der Waals surface area contributed by atoms with Crippen LogP contribution < -0.4 is 15.1 Å². The van der Waals surface area contributed by atoms with Gasteiger partial charge in [-0.2, -0.15) is 4.98 Å². The third-order valence-electron chi connectivity index (χ3n) is 7.13. The zero-order chi connectivity index (χ0) is 22.5. The molecule has 2 fully saturated rings. The van der Waals surface area contributed by atoms with Crippen molar-refractivity contribution in [1.82, 2.24) is 9.97 Å². The summed E-state index contributed by atoms with van der Waals surface area (Å²) in [4.78, 5) is 14.5. The van der Waals surface area contributed by atoms with Crippen LogP contribution in [0, 0.1) is 0 Å². The van der Waals surface area contributed by atoms with Gasteiger partial charge in [0.2, 0.25) is 5.95 Å². The molecule has 1 saturated heterocycles. The first kappa shape index (κ1) is 21.6. The zero-order valence-corrected chi connectivity index (χ0v) is 19.7. The van der Waals surface area contributed by atoms with Gasteiger partial charge in [-0.15, -0.1) is 0 Å². The molecule has 3 aliphatic rings. The molecule has 3 heterocycles. The second-order valence-corrected chi connectivity index (χ2v) is 10.9. The highest BCUT2D eigenvalue weighted by Crippen LogP contribution is 2.41. The van der Waals surface area contributed by atoms with E-state index in [0.717, 1.165) is 36.2 Å². The van der Waals surface area contributed by atoms with Gasteiger partial charge in [-0.05, 0) is 37.0 Å². The summed E-state index contributed by atoms with van der Waals surface area (Å²) < 4.78 is 18.6. The third-order valence-corrected chi connectivity index (χ3v) is 8.59. The number of aliphatic hydroxyl groups excluding tert-OH is 1. The number of nitrogens with zero attached hydrogens (tertiary/aromatic N) is 4. The van der Waals surface area contributed by atoms with Gasteiger partial charge in [0.1, 0.15) is 16.3 Å². The van der Waals surface area contributed by atoms with Gasteiger partial charge in [-0.1, -0.05) is 12.1 Å². The van der Waals surface area contributed by atoms with Gasteiger partial charge in [0.15, 0.2) is 0 Å². The van der Waals surface area contributed by atoms with Crippen LogP contribution in [0.25, 0.3) is 0 Å². The average molecular weight is 458 g/mol. The van der Waals surface area contributed by atoms with Crippen molar-refractivity contribution in [3.63, 3.8) is 0 Å². The molecule has 8 nitrogen and oxygen atoms in total. The smallest absolute Gasteiger partial charge is 0.227 e. The molecule has 2 N–H and O–H groups in total. The fraction of sp³-hybridized carbons (Fsp3) is 0.565. The molecule has 1 aliphatic carbocycles. The summed E-state index contributed by atoms with van der Waals surface area (Å²) in [6.07, 6.45) is 3.55. The summed E-state index contributed by atoms with van der Waals surface area (Å²) in [6, 6.07) is 8.42. The van der Waals surface area contributed by atoms with Gasteiger partial charge in [0.05, 0.1) is 41.7 Å². The maximum atomic E-state index is 12.6. The fourth-order valence-electron chi connectivity index (χ4n) is 4.80. The monoisotopic (exact) mass is 457 g/mol. The van der Waals surface area contributed by atoms with Crippen LogP contribution in [0.3, 0.4) is 0 Å². The van der Waals surface area contributed by atoms with E-state index in [4.69, 9.17) is 14.7 Å². The van der Waals surface area contributed by atoms with Crippen LogP contribution in [0.4, 0.5) is 17.5 Å². The van der Waals surface area contributed by atoms with Crippen molar-refractivity contribution < 1.29 is 14.1 Å². The lowest BCUT2D eigenvalue weighted by Crippen LogP contribution is -2.61. The Labute approximate surface area is 191 Å². The summed E-state index contributed by atoms with van der Waals surface area (Å²) in [5.41, 5.74) is 2.36. The Kier molecular flexibility index (Phi) is 5.38. The quantitative estimate of drug-likeness (QED) is 0.652. The number of aryl methyl sites for hydroxylation is 1. The summed E-state index contributed by atoms with van der Waals surface area (Å²) in [5.74, 6) is 1.83. The van der Waals surface area contributed by atoms with Crippen LogP contribution in [-0.2, 0) is 27.6 Å². The first-order chi connectivity index (χ1) is 15.4. The van der Waals surface area contributed by atoms with Crippen LogP contribution in [-0.4, -0.2) is 71.5 Å². The molecule has 1 saturated carbocycles. The number of methoxy groups -OCH3 is 1. The Balaban J connectivity index is 1.43. The molecule has 1 aromatic heterocycles. The van der Waals surface area contributed by atoms with Gasteiger partial charge in [-0.25, -0.2) is 4.98 Å². The van der Waals surface area contributed by atoms with Crippen LogP contribution in [0.15, 0.2) is 29.2 Å². The molecular formula is C23H31N5O3S. The largest absolute Gasteiger partial charge is 0.394 e. The maximum Gasteiger partial charge on any atom is 0.227 e. The van der Waals surface area contributed by atoms with E-state index in [1.165, 1.54) is 0 Å². The molecule has 0 radical (unpaired) electrons. The average Bonchev–Trinajstić information content (AvgIpc) is 3.11. The highest BCUT2D eigenvalue weighted by molar-refractivity contribution is 7.85. The number of fused-ring (bicyclic) bond motifs is 1. The minimum atomic E-state index is -1.10. The number of aliphatic hydroxyl groups is 1. The predicted octanol–water partition coefficient (Wildman–Crippen LogP) is 1.90. The van der Waals surface area contributed by atoms with Gasteiger partial charge in [0.25, 0.3) is 0 Å². The summed E-state index contributed by atoms with van der Waals surface area (Å²) in [5, 5.41) is 13.4. The lowest BCUT2D eigenvalue weighted by Gasteiger charge is -2.49. The van der Waals surface area contributed by atoms with Crippen LogP contribution >= 0.6 is 0 Å². The van der Waals surface area contributed by atoms with E-state index in [-0.39, 0.29) is 12.1 Å². The normalized spacial score (nSPS) is 22.6. The Bertz CT molecular complexity index is 1040. The molecular weight excluding hydrogens is 426 g/mol. The molecule has 1 unspecified atom stereocenters. The first-order valence-corrected chi connectivity index (χ1v) is 12.5. The molecule has 1 atom stereocenters. The Morgan fingerprint density at radius 2 is 2.06 bits per heavy atom. The van der Waals surface area contributed by atoms with Gasteiger partial charge >= 0.3 is 0 Å². The summed E-state index contributed by atoms with van der Waals surface area (Å²) in [6.45, 7) is 1.34. The lowest BCUT2D eigenvalue weighted by molar-refractivity contribution is -0.0390. The second kappa shape index (κ2) is 7.97. The number of rotatable bonds is 7. The van der Waals surface area contributed by atoms with Gasteiger partial charge < -0.3 is 25.0 Å². The van der Waals surface area contributed by atoms with Crippen molar-refractivity contribution in [3.8, 4) is 0 Å². The molecule has 2 aromatic rings. The van der Waals surface area contributed by atoms with Crippen LogP contribution in [0.2, 0.25) is 0 Å². The van der Waals surface area contributed by atoms with Crippen LogP contribution in [0.5, 0.6) is 0 Å². The minimum absolute atomic E-state index is 0.0481. The molecule has 0 bridgehead atoms. The highest BCUT2D eigenvalue weighted by Gasteiger charge is 2.47. The molecule has 32 heavy (non-hydrogen) atoms. The molecule has 5 rings (SSSR count). The SMILES string of the molecule is COC1(c2cccc(N(C)C)c2)CN(c2nc3c(c(NC4(CO)CCC4)n2)S(=O)CC3)C1. The van der Waals surface area contributed by atoms with E-state index in [9.17, 15) is 9.32 Å². The second-order valence-electron chi connectivity index (χ2n) is 9.36. The molecule has 0 amide bonds. The number of ether oxygens (including phenoxy) is 1. The first-order valence-electron chi connectivity index (χ1n) is 11.1. The third kappa shape index (κ3) is 3.47. The van der Waals surface area contributed by atoms with Gasteiger partial charge in [-0.3, -0.25) is 4.21 Å². The predicted molar refractivity (Wildman–Crippen MR) is 126 cm³/mol. The Hall–Kier alpha value is -2.23. The van der Waals surface area contributed by atoms with E-state index < -0.39 is 16.4 Å². The Morgan fingerprint density at radius 3 is 2.69 bits per heavy atom. The number of benzene rings is 1. The van der Waals surface area contributed by atoms with E-state index in [1.54, 1.807) is 7.11 Å². The van der Waals surface area contributed by atoms with Gasteiger partial charge in [0, 0.05) is 39.1 Å². The zero-order valence-electron chi connectivity index (χ0n) is 18.9. The molecule has 1 aromatic carbocycles. The number of aromatic nitrogens is 2. The number of anilines is 3. The van der Waals surface area contributed by atoms with Crippen molar-refractivity contribution in [3.05, 3.63) is 35.5 Å². The number of hydrogen-bond acceptors (Lipinski definition) is 8. The molecule has 172 valence electrons. The highest BCUT2D eigenvalue weighted by atomic mass is 32.2. The molecule has 0 spiro atoms. The van der Waals surface area contributed by atoms with E-state index >= 15 is 0 Å². The lowest BCUT2D eigenvalue weighted by atomic mass is 9.77. The fourth-order valence-corrected chi connectivity index (χ4v) is 6.10. The molecule has 9 heteroatoms. The number of hydrogen-bond donors (Lipinski definition) is 2. The van der Waals surface area contributed by atoms with E-state index in [0.29, 0.717) is 41.9 Å². The van der Waals surface area contributed by atoms with Crippen molar-refractivity contribution in [2.24, 2.45) is 0 Å². The standard InChI is InChI=1S/C23H31N5O3S/c1-27(2)17-7-4-6-16(12-17)23(31-3)13-28(14-23)21-24-18-8-11-32(30)19(18)20(25-21)26-22(15-29)9-5-10-22/h4,6-7,12,29H,5,8-11,13-15H2,1-3H3,(H,24,25,26). The van der Waals surface area contributed by atoms with Crippen molar-refractivity contribution >= 4 is 28.3 Å². The summed E-state index contributed by atoms with van der Waals surface area (Å²) in [7, 11) is 4.71. The minimum Gasteiger partial charge on any atom is -0.394 e. The van der Waals surface area contributed by atoms with Crippen molar-refractivity contribution in [2.45, 2.75) is 41.7 Å². The van der Waals surface area contributed by atoms with E-state index in [1.807, 2.05) is 14.1 Å². The van der Waals surface area contributed by atoms with Crippen LogP contribution in [0.1, 0.15) is 30.5 Å². The topological polar surface area (TPSA) is 90.8 Å². The maximum absolute atomic E-state index is 12.6. The van der Waals surface area contributed by atoms with Crippen molar-refractivity contribution in [2.75, 3.05) is 61.8 Å². The molecule has 2 aliphatic heterocycles. The summed E-state index contributed by atoms with van der Waals surface area (Å²) >= 11 is 0. The van der Waals surface area contributed by atoms with Crippen molar-refractivity contribution in [1.29, 1.82) is 0 Å².